The summed E-state index contributed by atoms with van der Waals surface area (Å²) in [5.74, 6) is 0.588. The molecule has 0 spiro atoms. The summed E-state index contributed by atoms with van der Waals surface area (Å²) in [5.41, 5.74) is 0. The van der Waals surface area contributed by atoms with Crippen LogP contribution < -0.4 is 5.32 Å². The highest BCUT2D eigenvalue weighted by molar-refractivity contribution is 7.86. The normalized spacial score (nSPS) is 18.5. The number of allylic oxidation sites excluding steroid dienone is 1. The van der Waals surface area contributed by atoms with Crippen molar-refractivity contribution in [1.29, 1.82) is 0 Å². The number of rotatable bonds is 9. The molecule has 21 heavy (non-hydrogen) atoms. The number of unbranched alkanes of at least 4 members (excludes halogenated alkanes) is 1. The van der Waals surface area contributed by atoms with E-state index in [2.05, 4.69) is 25.7 Å². The summed E-state index contributed by atoms with van der Waals surface area (Å²) >= 11 is 0. The summed E-state index contributed by atoms with van der Waals surface area (Å²) in [6.45, 7) is 10.8. The summed E-state index contributed by atoms with van der Waals surface area (Å²) in [6, 6.07) is 0.489. The Balaban J connectivity index is 2.42. The lowest BCUT2D eigenvalue weighted by Crippen LogP contribution is -2.47. The van der Waals surface area contributed by atoms with Crippen molar-refractivity contribution < 1.29 is 8.42 Å². The fraction of sp³-hybridized carbons (Fsp3) is 0.867. The zero-order chi connectivity index (χ0) is 15.9. The fourth-order valence-electron chi connectivity index (χ4n) is 2.52. The van der Waals surface area contributed by atoms with E-state index in [-0.39, 0.29) is 0 Å². The Kier molecular flexibility index (Phi) is 7.87. The van der Waals surface area contributed by atoms with Crippen molar-refractivity contribution in [3.63, 3.8) is 0 Å². The zero-order valence-corrected chi connectivity index (χ0v) is 14.5. The molecule has 0 aromatic carbocycles. The predicted molar refractivity (Wildman–Crippen MR) is 88.4 cm³/mol. The van der Waals surface area contributed by atoms with E-state index < -0.39 is 10.2 Å². The van der Waals surface area contributed by atoms with E-state index in [4.69, 9.17) is 0 Å². The van der Waals surface area contributed by atoms with Crippen LogP contribution in [0.25, 0.3) is 0 Å². The molecule has 5 nitrogen and oxygen atoms in total. The Morgan fingerprint density at radius 1 is 1.38 bits per heavy atom. The molecule has 0 unspecified atom stereocenters. The van der Waals surface area contributed by atoms with Crippen molar-refractivity contribution in [2.24, 2.45) is 5.92 Å². The first kappa shape index (κ1) is 18.6. The summed E-state index contributed by atoms with van der Waals surface area (Å²) in [6.07, 6.45) is 5.39. The molecular weight excluding hydrogens is 286 g/mol. The van der Waals surface area contributed by atoms with Crippen LogP contribution in [0.4, 0.5) is 0 Å². The lowest BCUT2D eigenvalue weighted by molar-refractivity contribution is 0.250. The molecule has 0 bridgehead atoms. The maximum Gasteiger partial charge on any atom is 0.281 e. The largest absolute Gasteiger partial charge is 0.314 e. The van der Waals surface area contributed by atoms with Crippen molar-refractivity contribution in [1.82, 2.24) is 13.9 Å². The maximum atomic E-state index is 12.5. The van der Waals surface area contributed by atoms with Crippen molar-refractivity contribution in [3.8, 4) is 0 Å². The molecule has 0 saturated carbocycles. The van der Waals surface area contributed by atoms with Gasteiger partial charge in [0.15, 0.2) is 0 Å². The molecule has 1 aliphatic rings. The molecule has 0 atom stereocenters. The molecule has 1 rings (SSSR count). The molecule has 1 aliphatic heterocycles. The van der Waals surface area contributed by atoms with Crippen LogP contribution in [0.3, 0.4) is 0 Å². The molecule has 1 saturated heterocycles. The van der Waals surface area contributed by atoms with Crippen molar-refractivity contribution in [3.05, 3.63) is 12.7 Å². The number of piperidine rings is 1. The molecule has 1 N–H and O–H groups in total. The second kappa shape index (κ2) is 8.88. The van der Waals surface area contributed by atoms with E-state index in [1.165, 1.54) is 4.31 Å². The number of nitrogens with zero attached hydrogens (tertiary/aromatic N) is 2. The molecular formula is C15H31N3O2S. The van der Waals surface area contributed by atoms with Gasteiger partial charge in [-0.1, -0.05) is 19.9 Å². The average Bonchev–Trinajstić information content (AvgIpc) is 2.45. The summed E-state index contributed by atoms with van der Waals surface area (Å²) in [7, 11) is -1.61. The maximum absolute atomic E-state index is 12.5. The second-order valence-corrected chi connectivity index (χ2v) is 8.20. The van der Waals surface area contributed by atoms with E-state index in [0.717, 1.165) is 32.2 Å². The van der Waals surface area contributed by atoms with Crippen LogP contribution in [0.1, 0.15) is 39.5 Å². The Morgan fingerprint density at radius 3 is 2.52 bits per heavy atom. The molecule has 0 radical (unpaired) electrons. The van der Waals surface area contributed by atoms with Crippen molar-refractivity contribution in [2.75, 3.05) is 33.2 Å². The molecule has 124 valence electrons. The second-order valence-electron chi connectivity index (χ2n) is 6.17. The lowest BCUT2D eigenvalue weighted by Gasteiger charge is -2.34. The molecule has 0 aromatic rings. The van der Waals surface area contributed by atoms with Crippen LogP contribution >= 0.6 is 0 Å². The van der Waals surface area contributed by atoms with Crippen LogP contribution in [0.15, 0.2) is 12.7 Å². The molecule has 1 heterocycles. The smallest absolute Gasteiger partial charge is 0.281 e. The van der Waals surface area contributed by atoms with E-state index in [1.54, 1.807) is 11.4 Å². The van der Waals surface area contributed by atoms with E-state index in [9.17, 15) is 8.42 Å². The van der Waals surface area contributed by atoms with E-state index in [0.29, 0.717) is 31.6 Å². The Morgan fingerprint density at radius 2 is 2.00 bits per heavy atom. The highest BCUT2D eigenvalue weighted by Gasteiger charge is 2.30. The molecule has 6 heteroatoms. The monoisotopic (exact) mass is 317 g/mol. The van der Waals surface area contributed by atoms with Gasteiger partial charge in [0.2, 0.25) is 0 Å². The molecule has 0 amide bonds. The third-order valence-electron chi connectivity index (χ3n) is 3.99. The Hall–Kier alpha value is -0.430. The van der Waals surface area contributed by atoms with Gasteiger partial charge in [-0.05, 0) is 38.1 Å². The van der Waals surface area contributed by atoms with E-state index >= 15 is 0 Å². The van der Waals surface area contributed by atoms with Gasteiger partial charge in [-0.3, -0.25) is 0 Å². The van der Waals surface area contributed by atoms with Gasteiger partial charge in [-0.25, -0.2) is 0 Å². The first-order valence-electron chi connectivity index (χ1n) is 7.93. The third-order valence-corrected chi connectivity index (χ3v) is 5.98. The SMILES string of the molecule is C=CCCCN(C)S(=O)(=O)N1CCC(CNC(C)C)CC1. The number of hydrogen-bond acceptors (Lipinski definition) is 3. The third kappa shape index (κ3) is 6.06. The first-order chi connectivity index (χ1) is 9.87. The van der Waals surface area contributed by atoms with Crippen LogP contribution in [-0.2, 0) is 10.2 Å². The quantitative estimate of drug-likeness (QED) is 0.521. The van der Waals surface area contributed by atoms with Gasteiger partial charge in [0.25, 0.3) is 10.2 Å². The highest BCUT2D eigenvalue weighted by Crippen LogP contribution is 2.20. The van der Waals surface area contributed by atoms with Gasteiger partial charge in [0, 0.05) is 32.7 Å². The minimum atomic E-state index is -3.29. The topological polar surface area (TPSA) is 52.7 Å². The van der Waals surface area contributed by atoms with Crippen LogP contribution in [0.2, 0.25) is 0 Å². The standard InChI is InChI=1S/C15H31N3O2S/c1-5-6-7-10-17(4)21(19,20)18-11-8-15(9-12-18)13-16-14(2)3/h5,14-16H,1,6-13H2,2-4H3. The van der Waals surface area contributed by atoms with Gasteiger partial charge >= 0.3 is 0 Å². The predicted octanol–water partition coefficient (Wildman–Crippen LogP) is 1.84. The lowest BCUT2D eigenvalue weighted by atomic mass is 9.98. The molecule has 0 aliphatic carbocycles. The average molecular weight is 317 g/mol. The number of nitrogens with one attached hydrogen (secondary N) is 1. The van der Waals surface area contributed by atoms with Crippen molar-refractivity contribution in [2.45, 2.75) is 45.6 Å². The Labute approximate surface area is 130 Å². The van der Waals surface area contributed by atoms with Crippen molar-refractivity contribution >= 4 is 10.2 Å². The molecule has 1 fully saturated rings. The summed E-state index contributed by atoms with van der Waals surface area (Å²) in [5, 5.41) is 3.44. The fourth-order valence-corrected chi connectivity index (χ4v) is 3.94. The van der Waals surface area contributed by atoms with Gasteiger partial charge in [-0.2, -0.15) is 17.0 Å². The number of hydrogen-bond donors (Lipinski definition) is 1. The minimum absolute atomic E-state index is 0.489. The van der Waals surface area contributed by atoms with Crippen LogP contribution in [-0.4, -0.2) is 56.3 Å². The highest BCUT2D eigenvalue weighted by atomic mass is 32.2. The van der Waals surface area contributed by atoms with Gasteiger partial charge in [0.1, 0.15) is 0 Å². The van der Waals surface area contributed by atoms with E-state index in [1.807, 2.05) is 6.08 Å². The van der Waals surface area contributed by atoms with Crippen LogP contribution in [0.5, 0.6) is 0 Å². The summed E-state index contributed by atoms with van der Waals surface area (Å²) in [4.78, 5) is 0. The van der Waals surface area contributed by atoms with Gasteiger partial charge in [0.05, 0.1) is 0 Å². The minimum Gasteiger partial charge on any atom is -0.314 e. The van der Waals surface area contributed by atoms with Gasteiger partial charge < -0.3 is 5.32 Å². The van der Waals surface area contributed by atoms with Crippen LogP contribution in [0, 0.1) is 5.92 Å². The summed E-state index contributed by atoms with van der Waals surface area (Å²) < 4.78 is 28.0. The van der Waals surface area contributed by atoms with Gasteiger partial charge in [-0.15, -0.1) is 6.58 Å². The first-order valence-corrected chi connectivity index (χ1v) is 9.33. The molecule has 0 aromatic heterocycles. The zero-order valence-electron chi connectivity index (χ0n) is 13.7. The Bertz CT molecular complexity index is 401.